The second-order valence-electron chi connectivity index (χ2n) is 9.66. The van der Waals surface area contributed by atoms with Crippen molar-refractivity contribution in [1.29, 1.82) is 0 Å². The van der Waals surface area contributed by atoms with Gasteiger partial charge in [0, 0.05) is 37.3 Å². The minimum atomic E-state index is -0.312. The van der Waals surface area contributed by atoms with Crippen molar-refractivity contribution in [2.75, 3.05) is 44.7 Å². The Morgan fingerprint density at radius 1 is 1.18 bits per heavy atom. The lowest BCUT2D eigenvalue weighted by Crippen LogP contribution is -2.45. The van der Waals surface area contributed by atoms with Crippen LogP contribution in [0, 0.1) is 11.3 Å². The van der Waals surface area contributed by atoms with Gasteiger partial charge in [-0.2, -0.15) is 0 Å². The number of nitrogens with zero attached hydrogens (tertiary/aromatic N) is 3. The van der Waals surface area contributed by atoms with Crippen molar-refractivity contribution < 1.29 is 9.13 Å². The molecule has 1 atom stereocenters. The van der Waals surface area contributed by atoms with E-state index in [2.05, 4.69) is 32.9 Å². The number of aromatic nitrogens is 3. The summed E-state index contributed by atoms with van der Waals surface area (Å²) in [5, 5.41) is 10.1. The Morgan fingerprint density at radius 2 is 2.00 bits per heavy atom. The van der Waals surface area contributed by atoms with Crippen LogP contribution in [0.5, 0.6) is 0 Å². The smallest absolute Gasteiger partial charge is 0.163 e. The Balaban J connectivity index is 1.32. The van der Waals surface area contributed by atoms with E-state index in [0.717, 1.165) is 54.4 Å². The minimum absolute atomic E-state index is 0.0680. The number of allylic oxidation sites excluding steroid dienone is 4. The molecule has 2 fully saturated rings. The van der Waals surface area contributed by atoms with Crippen LogP contribution in [0.4, 0.5) is 10.2 Å². The Labute approximate surface area is 193 Å². The Hall–Kier alpha value is -3.00. The zero-order chi connectivity index (χ0) is 22.4. The summed E-state index contributed by atoms with van der Waals surface area (Å²) in [6, 6.07) is 0. The van der Waals surface area contributed by atoms with Gasteiger partial charge in [-0.3, -0.25) is 5.10 Å². The molecule has 4 aliphatic rings. The maximum absolute atomic E-state index is 14.4. The number of piperidine rings is 2. The van der Waals surface area contributed by atoms with Crippen molar-refractivity contribution in [2.24, 2.45) is 11.3 Å². The van der Waals surface area contributed by atoms with E-state index >= 15 is 0 Å². The van der Waals surface area contributed by atoms with E-state index in [9.17, 15) is 4.39 Å². The van der Waals surface area contributed by atoms with Crippen LogP contribution >= 0.6 is 0 Å². The summed E-state index contributed by atoms with van der Waals surface area (Å²) in [5.41, 5.74) is 4.48. The van der Waals surface area contributed by atoms with Crippen molar-refractivity contribution >= 4 is 17.0 Å². The molecule has 6 rings (SSSR count). The second-order valence-corrected chi connectivity index (χ2v) is 9.66. The third-order valence-corrected chi connectivity index (χ3v) is 7.89. The highest BCUT2D eigenvalue weighted by atomic mass is 19.1. The van der Waals surface area contributed by atoms with Gasteiger partial charge in [0.2, 0.25) is 0 Å². The van der Waals surface area contributed by atoms with Crippen LogP contribution in [0.3, 0.4) is 0 Å². The van der Waals surface area contributed by atoms with Crippen molar-refractivity contribution in [1.82, 2.24) is 25.2 Å². The van der Waals surface area contributed by atoms with Crippen molar-refractivity contribution in [2.45, 2.75) is 25.7 Å². The first-order valence-corrected chi connectivity index (χ1v) is 12.0. The van der Waals surface area contributed by atoms with E-state index in [4.69, 9.17) is 9.72 Å². The molecule has 1 unspecified atom stereocenters. The molecule has 8 heteroatoms. The molecule has 2 saturated heterocycles. The fourth-order valence-corrected chi connectivity index (χ4v) is 5.82. The zero-order valence-electron chi connectivity index (χ0n) is 19.0. The van der Waals surface area contributed by atoms with Crippen molar-refractivity contribution in [3.05, 3.63) is 59.5 Å². The van der Waals surface area contributed by atoms with Crippen LogP contribution in [0.15, 0.2) is 54.0 Å². The summed E-state index contributed by atoms with van der Waals surface area (Å²) in [5.74, 6) is 0.909. The second kappa shape index (κ2) is 8.09. The number of H-pyrrole nitrogens is 1. The predicted octanol–water partition coefficient (Wildman–Crippen LogP) is 3.52. The molecular formula is C25H31FN6O. The highest BCUT2D eigenvalue weighted by Crippen LogP contribution is 2.41. The Morgan fingerprint density at radius 3 is 2.79 bits per heavy atom. The Bertz CT molecular complexity index is 1170. The molecule has 2 aromatic heterocycles. The molecule has 2 aromatic rings. The number of rotatable bonds is 3. The van der Waals surface area contributed by atoms with E-state index < -0.39 is 0 Å². The van der Waals surface area contributed by atoms with Crippen molar-refractivity contribution in [3.63, 3.8) is 0 Å². The van der Waals surface area contributed by atoms with Gasteiger partial charge in [-0.05, 0) is 79.8 Å². The number of hydrogen-bond donors (Lipinski definition) is 3. The SMILES string of the molecule is COC1=CC2=C(c3c[nH]n4cc(N5CCC6(CCNCC6)CC5)nc34)C=CNCC2C=C1F. The summed E-state index contributed by atoms with van der Waals surface area (Å²) < 4.78 is 21.7. The number of methoxy groups -OCH3 is 1. The summed E-state index contributed by atoms with van der Waals surface area (Å²) in [4.78, 5) is 7.46. The third kappa shape index (κ3) is 3.57. The molecular weight excluding hydrogens is 419 g/mol. The molecule has 0 radical (unpaired) electrons. The summed E-state index contributed by atoms with van der Waals surface area (Å²) in [7, 11) is 1.51. The van der Waals surface area contributed by atoms with Gasteiger partial charge in [0.15, 0.2) is 17.2 Å². The van der Waals surface area contributed by atoms with Gasteiger partial charge in [0.25, 0.3) is 0 Å². The number of aromatic amines is 1. The molecule has 5 heterocycles. The molecule has 0 aromatic carbocycles. The average molecular weight is 451 g/mol. The van der Waals surface area contributed by atoms with Crippen LogP contribution in [0.2, 0.25) is 0 Å². The van der Waals surface area contributed by atoms with Crippen LogP contribution in [0.25, 0.3) is 11.2 Å². The van der Waals surface area contributed by atoms with E-state index in [1.807, 2.05) is 23.0 Å². The topological polar surface area (TPSA) is 69.6 Å². The average Bonchev–Trinajstić information content (AvgIpc) is 3.36. The summed E-state index contributed by atoms with van der Waals surface area (Å²) in [6.07, 6.45) is 16.6. The van der Waals surface area contributed by atoms with E-state index in [-0.39, 0.29) is 17.5 Å². The largest absolute Gasteiger partial charge is 0.494 e. The van der Waals surface area contributed by atoms with Gasteiger partial charge in [-0.1, -0.05) is 0 Å². The quantitative estimate of drug-likeness (QED) is 0.668. The van der Waals surface area contributed by atoms with E-state index in [1.165, 1.54) is 32.8 Å². The maximum Gasteiger partial charge on any atom is 0.163 e. The molecule has 174 valence electrons. The Kier molecular flexibility index (Phi) is 5.05. The fourth-order valence-electron chi connectivity index (χ4n) is 5.82. The number of nitrogens with one attached hydrogen (secondary N) is 3. The normalized spacial score (nSPS) is 24.9. The minimum Gasteiger partial charge on any atom is -0.494 e. The first kappa shape index (κ1) is 20.6. The van der Waals surface area contributed by atoms with Gasteiger partial charge in [0.1, 0.15) is 5.82 Å². The highest BCUT2D eigenvalue weighted by Gasteiger charge is 2.36. The molecule has 0 amide bonds. The molecule has 3 N–H and O–H groups in total. The van der Waals surface area contributed by atoms with Gasteiger partial charge in [-0.25, -0.2) is 13.9 Å². The zero-order valence-corrected chi connectivity index (χ0v) is 19.0. The first-order chi connectivity index (χ1) is 16.2. The number of hydrogen-bond acceptors (Lipinski definition) is 5. The molecule has 3 aliphatic heterocycles. The lowest BCUT2D eigenvalue weighted by molar-refractivity contribution is 0.154. The lowest BCUT2D eigenvalue weighted by atomic mass is 9.71. The van der Waals surface area contributed by atoms with Crippen LogP contribution in [-0.2, 0) is 4.74 Å². The van der Waals surface area contributed by atoms with E-state index in [0.29, 0.717) is 12.0 Å². The molecule has 7 nitrogen and oxygen atoms in total. The number of halogens is 1. The molecule has 0 saturated carbocycles. The van der Waals surface area contributed by atoms with Gasteiger partial charge in [0.05, 0.1) is 13.3 Å². The summed E-state index contributed by atoms with van der Waals surface area (Å²) in [6.45, 7) is 5.05. The van der Waals surface area contributed by atoms with Crippen LogP contribution in [-0.4, -0.2) is 54.4 Å². The third-order valence-electron chi connectivity index (χ3n) is 7.89. The highest BCUT2D eigenvalue weighted by molar-refractivity contribution is 5.86. The first-order valence-electron chi connectivity index (χ1n) is 12.0. The molecule has 1 spiro atoms. The summed E-state index contributed by atoms with van der Waals surface area (Å²) >= 11 is 0. The molecule has 0 bridgehead atoms. The van der Waals surface area contributed by atoms with Crippen LogP contribution in [0.1, 0.15) is 31.2 Å². The number of anilines is 1. The van der Waals surface area contributed by atoms with Gasteiger partial charge < -0.3 is 20.3 Å². The van der Waals surface area contributed by atoms with Gasteiger partial charge >= 0.3 is 0 Å². The van der Waals surface area contributed by atoms with Crippen molar-refractivity contribution in [3.8, 4) is 0 Å². The molecule has 1 aliphatic carbocycles. The number of fused-ring (bicyclic) bond motifs is 2. The lowest BCUT2D eigenvalue weighted by Gasteiger charge is -2.44. The van der Waals surface area contributed by atoms with Gasteiger partial charge in [-0.15, -0.1) is 0 Å². The molecule has 33 heavy (non-hydrogen) atoms. The fraction of sp³-hybridized carbons (Fsp3) is 0.480. The monoisotopic (exact) mass is 450 g/mol. The standard InChI is InChI=1S/C25H31FN6O/c1-33-22-13-19-17(12-21(22)26)14-28-7-2-18(19)20-15-29-32-16-23(30-24(20)32)31-10-5-25(6-11-31)3-8-27-9-4-25/h2,7,12-13,15-17,27-29H,3-6,8-11,14H2,1H3. The maximum atomic E-state index is 14.4. The predicted molar refractivity (Wildman–Crippen MR) is 127 cm³/mol. The number of ether oxygens (including phenoxy) is 1. The van der Waals surface area contributed by atoms with Crippen LogP contribution < -0.4 is 15.5 Å². The number of imidazole rings is 1. The van der Waals surface area contributed by atoms with E-state index in [1.54, 1.807) is 6.08 Å².